The first-order valence-corrected chi connectivity index (χ1v) is 10.8. The van der Waals surface area contributed by atoms with Crippen LogP contribution in [0.15, 0.2) is 47.3 Å². The van der Waals surface area contributed by atoms with Crippen LogP contribution in [0.5, 0.6) is 17.2 Å². The molecule has 0 saturated heterocycles. The number of rotatable bonds is 10. The lowest BCUT2D eigenvalue weighted by atomic mass is 10.0. The van der Waals surface area contributed by atoms with E-state index in [4.69, 9.17) is 4.74 Å². The van der Waals surface area contributed by atoms with Crippen LogP contribution in [0.1, 0.15) is 57.1 Å². The summed E-state index contributed by atoms with van der Waals surface area (Å²) in [6.07, 6.45) is 5.87. The maximum absolute atomic E-state index is 12.6. The van der Waals surface area contributed by atoms with Crippen LogP contribution in [0.2, 0.25) is 0 Å². The molecule has 0 fully saturated rings. The number of para-hydroxylation sites is 1. The first-order chi connectivity index (χ1) is 14.5. The Bertz CT molecular complexity index is 1040. The molecule has 0 spiro atoms. The summed E-state index contributed by atoms with van der Waals surface area (Å²) in [6.45, 7) is 3.92. The summed E-state index contributed by atoms with van der Waals surface area (Å²) in [6, 6.07) is 12.8. The van der Waals surface area contributed by atoms with Crippen molar-refractivity contribution in [2.75, 3.05) is 0 Å². The molecule has 1 heterocycles. The average Bonchev–Trinajstić information content (AvgIpc) is 2.70. The van der Waals surface area contributed by atoms with Gasteiger partial charge in [0.2, 0.25) is 0 Å². The molecule has 0 amide bonds. The van der Waals surface area contributed by atoms with Gasteiger partial charge in [-0.05, 0) is 62.8 Å². The number of ether oxygens (including phenoxy) is 1. The lowest BCUT2D eigenvalue weighted by Crippen LogP contribution is -2.12. The molecule has 5 heteroatoms. The Morgan fingerprint density at radius 2 is 1.77 bits per heavy atom. The molecule has 30 heavy (non-hydrogen) atoms. The Hall–Kier alpha value is -2.79. The summed E-state index contributed by atoms with van der Waals surface area (Å²) in [5, 5.41) is 20.5. The summed E-state index contributed by atoms with van der Waals surface area (Å²) < 4.78 is 6.16. The van der Waals surface area contributed by atoms with Crippen molar-refractivity contribution in [2.24, 2.45) is 0 Å². The number of phenols is 1. The number of unbranched alkanes of at least 4 members (excludes halogenated alkanes) is 2. The van der Waals surface area contributed by atoms with Crippen LogP contribution in [0, 0.1) is 0 Å². The number of nitrogens with one attached hydrogen (secondary N) is 1. The predicted molar refractivity (Wildman–Crippen MR) is 121 cm³/mol. The van der Waals surface area contributed by atoms with Crippen molar-refractivity contribution in [3.8, 4) is 17.2 Å². The van der Waals surface area contributed by atoms with Gasteiger partial charge in [0.15, 0.2) is 5.75 Å². The number of aryl methyl sites for hydroxylation is 2. The minimum absolute atomic E-state index is 0.0932. The Kier molecular flexibility index (Phi) is 7.52. The van der Waals surface area contributed by atoms with Crippen molar-refractivity contribution < 1.29 is 14.9 Å². The second kappa shape index (κ2) is 10.3. The van der Waals surface area contributed by atoms with Crippen molar-refractivity contribution in [3.63, 3.8) is 0 Å². The lowest BCUT2D eigenvalue weighted by molar-refractivity contribution is 0.181. The summed E-state index contributed by atoms with van der Waals surface area (Å²) >= 11 is 0. The van der Waals surface area contributed by atoms with E-state index in [0.29, 0.717) is 17.0 Å². The normalized spacial score (nSPS) is 12.2. The molecular weight excluding hydrogens is 378 g/mol. The molecule has 0 saturated carbocycles. The Morgan fingerprint density at radius 3 is 2.53 bits per heavy atom. The fourth-order valence-corrected chi connectivity index (χ4v) is 3.66. The van der Waals surface area contributed by atoms with E-state index in [-0.39, 0.29) is 17.4 Å². The predicted octanol–water partition coefficient (Wildman–Crippen LogP) is 5.46. The van der Waals surface area contributed by atoms with Gasteiger partial charge in [0.05, 0.1) is 11.6 Å². The van der Waals surface area contributed by atoms with Crippen molar-refractivity contribution in [1.82, 2.24) is 4.98 Å². The zero-order chi connectivity index (χ0) is 21.5. The first-order valence-electron chi connectivity index (χ1n) is 10.8. The van der Waals surface area contributed by atoms with Gasteiger partial charge in [0.25, 0.3) is 5.56 Å². The van der Waals surface area contributed by atoms with E-state index in [9.17, 15) is 15.0 Å². The van der Waals surface area contributed by atoms with Gasteiger partial charge in [-0.2, -0.15) is 0 Å². The molecule has 0 aliphatic heterocycles. The highest BCUT2D eigenvalue weighted by molar-refractivity contribution is 5.86. The minimum Gasteiger partial charge on any atom is -0.508 e. The summed E-state index contributed by atoms with van der Waals surface area (Å²) in [5.74, 6) is 1.20. The molecule has 5 nitrogen and oxygen atoms in total. The van der Waals surface area contributed by atoms with E-state index in [1.54, 1.807) is 13.0 Å². The molecule has 160 valence electrons. The number of aliphatic hydroxyl groups excluding tert-OH is 1. The summed E-state index contributed by atoms with van der Waals surface area (Å²) in [4.78, 5) is 15.5. The topological polar surface area (TPSA) is 82.5 Å². The molecule has 0 aliphatic carbocycles. The van der Waals surface area contributed by atoms with E-state index in [1.807, 2.05) is 30.3 Å². The van der Waals surface area contributed by atoms with Gasteiger partial charge in [0, 0.05) is 17.0 Å². The number of hydrogen-bond acceptors (Lipinski definition) is 4. The average molecular weight is 410 g/mol. The molecule has 1 unspecified atom stereocenters. The minimum atomic E-state index is -0.329. The molecule has 0 bridgehead atoms. The van der Waals surface area contributed by atoms with E-state index in [2.05, 4.69) is 11.9 Å². The number of aromatic amines is 1. The summed E-state index contributed by atoms with van der Waals surface area (Å²) in [5.41, 5.74) is 2.22. The molecule has 3 aromatic rings. The first kappa shape index (κ1) is 21.9. The number of aromatic nitrogens is 1. The van der Waals surface area contributed by atoms with Crippen LogP contribution in [0.4, 0.5) is 0 Å². The number of H-pyrrole nitrogens is 1. The number of phenolic OH excluding ortho intramolecular Hbond substituents is 1. The Morgan fingerprint density at radius 1 is 1.00 bits per heavy atom. The number of benzene rings is 2. The highest BCUT2D eigenvalue weighted by Gasteiger charge is 2.12. The molecule has 2 aromatic carbocycles. The smallest absolute Gasteiger partial charge is 0.251 e. The Labute approximate surface area is 177 Å². The SMILES string of the molecule is CCCCCc1cc2cc(O)cc(Oc3ccccc3CCCC(C)O)c2[nH]c1=O. The van der Waals surface area contributed by atoms with Crippen LogP contribution in [-0.2, 0) is 12.8 Å². The number of aromatic hydroxyl groups is 1. The number of hydrogen-bond donors (Lipinski definition) is 3. The Balaban J connectivity index is 1.91. The largest absolute Gasteiger partial charge is 0.508 e. The van der Waals surface area contributed by atoms with E-state index in [0.717, 1.165) is 61.5 Å². The van der Waals surface area contributed by atoms with Crippen molar-refractivity contribution in [1.29, 1.82) is 0 Å². The van der Waals surface area contributed by atoms with Gasteiger partial charge in [-0.1, -0.05) is 38.0 Å². The fourth-order valence-electron chi connectivity index (χ4n) is 3.66. The molecule has 1 atom stereocenters. The maximum Gasteiger partial charge on any atom is 0.251 e. The third kappa shape index (κ3) is 5.63. The quantitative estimate of drug-likeness (QED) is 0.388. The van der Waals surface area contributed by atoms with Gasteiger partial charge < -0.3 is 19.9 Å². The van der Waals surface area contributed by atoms with E-state index < -0.39 is 0 Å². The lowest BCUT2D eigenvalue weighted by Gasteiger charge is -2.14. The number of aliphatic hydroxyl groups is 1. The van der Waals surface area contributed by atoms with Gasteiger partial charge in [-0.15, -0.1) is 0 Å². The van der Waals surface area contributed by atoms with Gasteiger partial charge in [-0.3, -0.25) is 4.79 Å². The summed E-state index contributed by atoms with van der Waals surface area (Å²) in [7, 11) is 0. The van der Waals surface area contributed by atoms with Crippen LogP contribution >= 0.6 is 0 Å². The van der Waals surface area contributed by atoms with Crippen LogP contribution < -0.4 is 10.3 Å². The molecular formula is C25H31NO4. The van der Waals surface area contributed by atoms with Gasteiger partial charge in [-0.25, -0.2) is 0 Å². The van der Waals surface area contributed by atoms with Crippen molar-refractivity contribution in [3.05, 3.63) is 63.9 Å². The van der Waals surface area contributed by atoms with Crippen LogP contribution in [0.3, 0.4) is 0 Å². The van der Waals surface area contributed by atoms with Gasteiger partial charge in [0.1, 0.15) is 11.5 Å². The van der Waals surface area contributed by atoms with Gasteiger partial charge >= 0.3 is 0 Å². The van der Waals surface area contributed by atoms with Crippen LogP contribution in [0.25, 0.3) is 10.9 Å². The highest BCUT2D eigenvalue weighted by atomic mass is 16.5. The zero-order valence-corrected chi connectivity index (χ0v) is 17.8. The van der Waals surface area contributed by atoms with Crippen LogP contribution in [-0.4, -0.2) is 21.3 Å². The molecule has 0 radical (unpaired) electrons. The zero-order valence-electron chi connectivity index (χ0n) is 17.8. The highest BCUT2D eigenvalue weighted by Crippen LogP contribution is 2.34. The van der Waals surface area contributed by atoms with E-state index in [1.165, 1.54) is 6.07 Å². The second-order valence-electron chi connectivity index (χ2n) is 7.94. The molecule has 0 aliphatic rings. The number of fused-ring (bicyclic) bond motifs is 1. The second-order valence-corrected chi connectivity index (χ2v) is 7.94. The third-order valence-electron chi connectivity index (χ3n) is 5.29. The molecule has 1 aromatic heterocycles. The number of pyridine rings is 1. The third-order valence-corrected chi connectivity index (χ3v) is 5.29. The standard InChI is InChI=1S/C25H31NO4/c1-3-4-5-11-19-14-20-15-21(28)16-23(24(20)26-25(19)29)30-22-13-7-6-10-18(22)12-8-9-17(2)27/h6-7,10,13-17,27-28H,3-5,8-9,11-12H2,1-2H3,(H,26,29). The molecule has 3 N–H and O–H groups in total. The van der Waals surface area contributed by atoms with Crippen molar-refractivity contribution in [2.45, 2.75) is 64.9 Å². The van der Waals surface area contributed by atoms with Crippen molar-refractivity contribution >= 4 is 10.9 Å². The fraction of sp³-hybridized carbons (Fsp3) is 0.400. The monoisotopic (exact) mass is 409 g/mol. The molecule has 3 rings (SSSR count). The maximum atomic E-state index is 12.6. The van der Waals surface area contributed by atoms with E-state index >= 15 is 0 Å².